The van der Waals surface area contributed by atoms with Crippen LogP contribution in [0.4, 0.5) is 0 Å². The van der Waals surface area contributed by atoms with Crippen molar-refractivity contribution in [3.05, 3.63) is 0 Å². The van der Waals surface area contributed by atoms with Crippen LogP contribution in [0.2, 0.25) is 0 Å². The van der Waals surface area contributed by atoms with Crippen LogP contribution in [0, 0.1) is 23.7 Å². The summed E-state index contributed by atoms with van der Waals surface area (Å²) in [6.07, 6.45) is 59.8. The van der Waals surface area contributed by atoms with Gasteiger partial charge < -0.3 is 33.8 Å². The summed E-state index contributed by atoms with van der Waals surface area (Å²) in [5.41, 5.74) is 0. The van der Waals surface area contributed by atoms with Gasteiger partial charge in [0.2, 0.25) is 0 Å². The van der Waals surface area contributed by atoms with E-state index in [0.29, 0.717) is 25.7 Å². The van der Waals surface area contributed by atoms with Crippen molar-refractivity contribution in [2.45, 2.75) is 446 Å². The van der Waals surface area contributed by atoms with Gasteiger partial charge in [-0.3, -0.25) is 37.3 Å². The van der Waals surface area contributed by atoms with Gasteiger partial charge in [-0.05, 0) is 49.4 Å². The molecule has 0 aliphatic rings. The highest BCUT2D eigenvalue weighted by Gasteiger charge is 2.30. The summed E-state index contributed by atoms with van der Waals surface area (Å²) in [6.45, 7) is 14.3. The molecule has 19 heteroatoms. The number of phosphoric acid groups is 2. The Balaban J connectivity index is 5.20. The number of unbranched alkanes of at least 4 members (excludes halogenated alkanes) is 45. The second kappa shape index (κ2) is 72.0. The summed E-state index contributed by atoms with van der Waals surface area (Å²) in [4.78, 5) is 73.1. The van der Waals surface area contributed by atoms with Crippen LogP contribution in [0.5, 0.6) is 0 Å². The lowest BCUT2D eigenvalue weighted by Crippen LogP contribution is -2.30. The number of rotatable bonds is 80. The predicted molar refractivity (Wildman–Crippen MR) is 418 cm³/mol. The fourth-order valence-corrected chi connectivity index (χ4v) is 14.3. The van der Waals surface area contributed by atoms with E-state index in [2.05, 4.69) is 55.4 Å². The van der Waals surface area contributed by atoms with Crippen molar-refractivity contribution in [2.75, 3.05) is 39.6 Å². The zero-order chi connectivity index (χ0) is 75.3. The number of aliphatic hydroxyl groups excluding tert-OH is 1. The number of hydrogen-bond acceptors (Lipinski definition) is 15. The van der Waals surface area contributed by atoms with Crippen molar-refractivity contribution in [1.82, 2.24) is 0 Å². The van der Waals surface area contributed by atoms with Crippen LogP contribution >= 0.6 is 15.6 Å². The van der Waals surface area contributed by atoms with E-state index in [4.69, 9.17) is 37.0 Å². The van der Waals surface area contributed by atoms with Gasteiger partial charge in [0.05, 0.1) is 26.4 Å². The van der Waals surface area contributed by atoms with E-state index in [1.807, 2.05) is 0 Å². The average molecular weight is 1490 g/mol. The lowest BCUT2D eigenvalue weighted by molar-refractivity contribution is -0.161. The first-order valence-corrected chi connectivity index (χ1v) is 45.7. The molecule has 3 N–H and O–H groups in total. The van der Waals surface area contributed by atoms with Gasteiger partial charge in [0.15, 0.2) is 12.2 Å². The van der Waals surface area contributed by atoms with Gasteiger partial charge in [0.1, 0.15) is 19.3 Å². The molecule has 0 aromatic heterocycles. The van der Waals surface area contributed by atoms with E-state index in [1.54, 1.807) is 0 Å². The quantitative estimate of drug-likeness (QED) is 0.0222. The van der Waals surface area contributed by atoms with E-state index >= 15 is 0 Å². The number of phosphoric ester groups is 2. The number of carbonyl (C=O) groups is 4. The molecule has 0 saturated carbocycles. The number of ether oxygens (including phenoxy) is 4. The number of aliphatic hydroxyl groups is 1. The minimum Gasteiger partial charge on any atom is -0.462 e. The van der Waals surface area contributed by atoms with Gasteiger partial charge in [-0.15, -0.1) is 0 Å². The van der Waals surface area contributed by atoms with E-state index in [9.17, 15) is 43.2 Å². The molecular weight excluding hydrogens is 1330 g/mol. The third-order valence-electron chi connectivity index (χ3n) is 19.7. The van der Waals surface area contributed by atoms with E-state index in [0.717, 1.165) is 120 Å². The highest BCUT2D eigenvalue weighted by Crippen LogP contribution is 2.45. The Morgan fingerprint density at radius 2 is 0.471 bits per heavy atom. The first-order valence-electron chi connectivity index (χ1n) is 42.7. The molecule has 0 heterocycles. The third-order valence-corrected chi connectivity index (χ3v) is 21.6. The Morgan fingerprint density at radius 1 is 0.275 bits per heavy atom. The highest BCUT2D eigenvalue weighted by atomic mass is 31.2. The van der Waals surface area contributed by atoms with Crippen LogP contribution in [0.15, 0.2) is 0 Å². The van der Waals surface area contributed by atoms with E-state index in [1.165, 1.54) is 225 Å². The molecular formula is C83H162O17P2. The zero-order valence-corrected chi connectivity index (χ0v) is 69.0. The van der Waals surface area contributed by atoms with Gasteiger partial charge in [0.25, 0.3) is 0 Å². The maximum absolute atomic E-state index is 13.1. The van der Waals surface area contributed by atoms with Crippen molar-refractivity contribution in [3.8, 4) is 0 Å². The molecule has 0 aromatic rings. The molecule has 6 atom stereocenters. The van der Waals surface area contributed by atoms with Gasteiger partial charge in [-0.2, -0.15) is 0 Å². The fraction of sp³-hybridized carbons (Fsp3) is 0.952. The maximum Gasteiger partial charge on any atom is 0.472 e. The molecule has 0 fully saturated rings. The molecule has 0 aliphatic heterocycles. The fourth-order valence-electron chi connectivity index (χ4n) is 12.8. The molecule has 0 spiro atoms. The van der Waals surface area contributed by atoms with Crippen LogP contribution < -0.4 is 0 Å². The molecule has 0 amide bonds. The molecule has 102 heavy (non-hydrogen) atoms. The Kier molecular flexibility index (Phi) is 70.6. The maximum atomic E-state index is 13.1. The van der Waals surface area contributed by atoms with Crippen LogP contribution in [0.25, 0.3) is 0 Å². The van der Waals surface area contributed by atoms with Crippen molar-refractivity contribution in [1.29, 1.82) is 0 Å². The van der Waals surface area contributed by atoms with Crippen molar-refractivity contribution in [3.63, 3.8) is 0 Å². The van der Waals surface area contributed by atoms with Gasteiger partial charge >= 0.3 is 39.5 Å². The number of esters is 4. The van der Waals surface area contributed by atoms with E-state index in [-0.39, 0.29) is 25.7 Å². The van der Waals surface area contributed by atoms with Gasteiger partial charge in [0, 0.05) is 25.7 Å². The van der Waals surface area contributed by atoms with Crippen LogP contribution in [0.3, 0.4) is 0 Å². The predicted octanol–water partition coefficient (Wildman–Crippen LogP) is 24.8. The summed E-state index contributed by atoms with van der Waals surface area (Å²) in [5, 5.41) is 10.7. The second-order valence-corrected chi connectivity index (χ2v) is 34.4. The first kappa shape index (κ1) is 100. The molecule has 0 bridgehead atoms. The summed E-state index contributed by atoms with van der Waals surface area (Å²) in [7, 11) is -9.92. The van der Waals surface area contributed by atoms with E-state index < -0.39 is 97.5 Å². The molecule has 0 rings (SSSR count). The molecule has 0 aliphatic carbocycles. The van der Waals surface area contributed by atoms with Gasteiger partial charge in [-0.1, -0.05) is 376 Å². The summed E-state index contributed by atoms with van der Waals surface area (Å²) < 4.78 is 68.8. The van der Waals surface area contributed by atoms with Crippen LogP contribution in [-0.2, 0) is 65.4 Å². The lowest BCUT2D eigenvalue weighted by atomic mass is 10.00. The molecule has 17 nitrogen and oxygen atoms in total. The zero-order valence-electron chi connectivity index (χ0n) is 67.2. The molecule has 0 saturated heterocycles. The molecule has 3 unspecified atom stereocenters. The minimum absolute atomic E-state index is 0.106. The summed E-state index contributed by atoms with van der Waals surface area (Å²) >= 11 is 0. The molecule has 0 aromatic carbocycles. The Morgan fingerprint density at radius 3 is 0.696 bits per heavy atom. The topological polar surface area (TPSA) is 237 Å². The SMILES string of the molecule is CCC(C)CCCCCCCCC(=O)OC[C@H](COP(=O)(O)OC[C@H](O)COP(=O)(O)OC[C@@H](COC(=O)CCCCCCCCCCCCCCCCCCCCC(C)C)OC(=O)CCCCCCCCCCCCCC(C)C)OC(=O)CCCCCCCCCCCCCCCCC(C)C. The number of carbonyl (C=O) groups excluding carboxylic acids is 4. The molecule has 0 radical (unpaired) electrons. The normalized spacial score (nSPS) is 14.3. The van der Waals surface area contributed by atoms with Crippen LogP contribution in [-0.4, -0.2) is 96.7 Å². The van der Waals surface area contributed by atoms with Crippen molar-refractivity contribution in [2.24, 2.45) is 23.7 Å². The Bertz CT molecular complexity index is 1990. The van der Waals surface area contributed by atoms with Crippen LogP contribution in [0.1, 0.15) is 428 Å². The Hall–Kier alpha value is -1.94. The monoisotopic (exact) mass is 1490 g/mol. The first-order chi connectivity index (χ1) is 49.1. The lowest BCUT2D eigenvalue weighted by Gasteiger charge is -2.21. The van der Waals surface area contributed by atoms with Crippen molar-refractivity contribution >= 4 is 39.5 Å². The summed E-state index contributed by atoms with van der Waals surface area (Å²) in [6, 6.07) is 0. The minimum atomic E-state index is -4.96. The highest BCUT2D eigenvalue weighted by molar-refractivity contribution is 7.47. The third kappa shape index (κ3) is 74.9. The second-order valence-electron chi connectivity index (χ2n) is 31.5. The molecule has 606 valence electrons. The Labute approximate surface area is 626 Å². The smallest absolute Gasteiger partial charge is 0.462 e. The summed E-state index contributed by atoms with van der Waals surface area (Å²) in [5.74, 6) is 1.00. The standard InChI is InChI=1S/C83H162O17P2/c1-9-76(8)62-54-46-41-42-48-56-64-81(86)94-70-79(100-82(87)65-57-49-39-33-27-21-17-16-19-24-30-36-44-52-60-74(4)5)72-98-102(91,92)96-68-77(84)67-95-101(89,90)97-71-78(99-83(88)66-58-50-40-34-28-22-25-31-37-45-53-61-75(6)7)69-93-80(85)63-55-47-38-32-26-20-15-13-11-10-12-14-18-23-29-35-43-51-59-73(2)3/h73-79,84H,9-72H2,1-8H3,(H,89,90)(H,91,92)/t76?,77-,78-,79-/m1/s1. The number of hydrogen-bond donors (Lipinski definition) is 3. The largest absolute Gasteiger partial charge is 0.472 e. The van der Waals surface area contributed by atoms with Gasteiger partial charge in [-0.25, -0.2) is 9.13 Å². The average Bonchev–Trinajstić information content (AvgIpc) is 0.991. The van der Waals surface area contributed by atoms with Crippen molar-refractivity contribution < 1.29 is 80.2 Å².